The molecule has 88 valence electrons. The highest BCUT2D eigenvalue weighted by Gasteiger charge is 2.25. The van der Waals surface area contributed by atoms with Crippen molar-refractivity contribution in [3.63, 3.8) is 0 Å². The van der Waals surface area contributed by atoms with Crippen LogP contribution in [-0.4, -0.2) is 15.0 Å². The fourth-order valence-corrected chi connectivity index (χ4v) is 2.11. The van der Waals surface area contributed by atoms with Crippen LogP contribution in [0.5, 0.6) is 0 Å². The van der Waals surface area contributed by atoms with E-state index in [1.807, 2.05) is 10.7 Å². The van der Waals surface area contributed by atoms with Crippen molar-refractivity contribution in [2.45, 2.75) is 25.3 Å². The second-order valence-corrected chi connectivity index (χ2v) is 4.36. The average Bonchev–Trinajstić information content (AvgIpc) is 2.58. The zero-order valence-corrected chi connectivity index (χ0v) is 9.31. The van der Waals surface area contributed by atoms with E-state index in [1.165, 1.54) is 18.6 Å². The van der Waals surface area contributed by atoms with Crippen LogP contribution in [0.4, 0.5) is 10.2 Å². The van der Waals surface area contributed by atoms with Gasteiger partial charge in [-0.1, -0.05) is 17.3 Å². The number of anilines is 1. The summed E-state index contributed by atoms with van der Waals surface area (Å²) in [6.07, 6.45) is 3.38. The number of hydrogen-bond acceptors (Lipinski definition) is 3. The maximum atomic E-state index is 13.2. The molecule has 0 bridgehead atoms. The molecule has 0 aliphatic heterocycles. The van der Waals surface area contributed by atoms with Gasteiger partial charge in [-0.05, 0) is 31.4 Å². The van der Waals surface area contributed by atoms with E-state index in [-0.39, 0.29) is 5.82 Å². The van der Waals surface area contributed by atoms with Gasteiger partial charge in [-0.15, -0.1) is 5.10 Å². The SMILES string of the molecule is Nc1nnn(C2CCC2)c1-c1cccc(F)c1. The zero-order valence-electron chi connectivity index (χ0n) is 9.31. The number of benzene rings is 1. The molecule has 0 spiro atoms. The highest BCUT2D eigenvalue weighted by Crippen LogP contribution is 2.36. The Morgan fingerprint density at radius 3 is 2.82 bits per heavy atom. The van der Waals surface area contributed by atoms with E-state index in [1.54, 1.807) is 6.07 Å². The number of rotatable bonds is 2. The van der Waals surface area contributed by atoms with Crippen LogP contribution in [0, 0.1) is 5.82 Å². The fourth-order valence-electron chi connectivity index (χ4n) is 2.11. The minimum absolute atomic E-state index is 0.275. The highest BCUT2D eigenvalue weighted by molar-refractivity contribution is 5.69. The van der Waals surface area contributed by atoms with Crippen LogP contribution in [0.2, 0.25) is 0 Å². The molecule has 0 amide bonds. The normalized spacial score (nSPS) is 15.8. The van der Waals surface area contributed by atoms with Gasteiger partial charge in [-0.25, -0.2) is 9.07 Å². The Hall–Kier alpha value is -1.91. The lowest BCUT2D eigenvalue weighted by atomic mass is 9.93. The van der Waals surface area contributed by atoms with Crippen molar-refractivity contribution in [1.82, 2.24) is 15.0 Å². The molecule has 1 aromatic heterocycles. The summed E-state index contributed by atoms with van der Waals surface area (Å²) in [6.45, 7) is 0. The lowest BCUT2D eigenvalue weighted by Crippen LogP contribution is -2.19. The topological polar surface area (TPSA) is 56.7 Å². The van der Waals surface area contributed by atoms with Gasteiger partial charge in [0.05, 0.1) is 6.04 Å². The molecule has 0 saturated heterocycles. The lowest BCUT2D eigenvalue weighted by molar-refractivity contribution is 0.287. The molecule has 3 rings (SSSR count). The number of nitrogen functional groups attached to an aromatic ring is 1. The summed E-state index contributed by atoms with van der Waals surface area (Å²) in [5.74, 6) is 0.0887. The molecule has 0 unspecified atom stereocenters. The molecule has 1 fully saturated rings. The van der Waals surface area contributed by atoms with E-state index in [4.69, 9.17) is 5.73 Å². The van der Waals surface area contributed by atoms with Gasteiger partial charge < -0.3 is 5.73 Å². The van der Waals surface area contributed by atoms with E-state index in [2.05, 4.69) is 10.3 Å². The van der Waals surface area contributed by atoms with Gasteiger partial charge in [0, 0.05) is 5.56 Å². The molecular formula is C12H13FN4. The van der Waals surface area contributed by atoms with Gasteiger partial charge in [0.1, 0.15) is 11.5 Å². The first kappa shape index (κ1) is 10.3. The van der Waals surface area contributed by atoms with Crippen LogP contribution in [0.1, 0.15) is 25.3 Å². The van der Waals surface area contributed by atoms with Gasteiger partial charge in [-0.2, -0.15) is 0 Å². The molecule has 5 heteroatoms. The summed E-state index contributed by atoms with van der Waals surface area (Å²) >= 11 is 0. The van der Waals surface area contributed by atoms with Crippen LogP contribution >= 0.6 is 0 Å². The van der Waals surface area contributed by atoms with E-state index < -0.39 is 0 Å². The standard InChI is InChI=1S/C12H13FN4/c13-9-4-1-3-8(7-9)11-12(14)15-16-17(11)10-5-2-6-10/h1,3-4,7,10H,2,5-6,14H2. The van der Waals surface area contributed by atoms with Crippen molar-refractivity contribution >= 4 is 5.82 Å². The van der Waals surface area contributed by atoms with Gasteiger partial charge >= 0.3 is 0 Å². The minimum Gasteiger partial charge on any atom is -0.380 e. The Morgan fingerprint density at radius 1 is 1.35 bits per heavy atom. The number of nitrogens with two attached hydrogens (primary N) is 1. The lowest BCUT2D eigenvalue weighted by Gasteiger charge is -2.26. The van der Waals surface area contributed by atoms with Gasteiger partial charge in [0.2, 0.25) is 0 Å². The molecule has 1 heterocycles. The predicted molar refractivity (Wildman–Crippen MR) is 62.7 cm³/mol. The van der Waals surface area contributed by atoms with E-state index in [9.17, 15) is 4.39 Å². The van der Waals surface area contributed by atoms with Gasteiger partial charge in [0.15, 0.2) is 5.82 Å². The first-order valence-electron chi connectivity index (χ1n) is 5.72. The van der Waals surface area contributed by atoms with Gasteiger partial charge in [0.25, 0.3) is 0 Å². The summed E-state index contributed by atoms with van der Waals surface area (Å²) in [4.78, 5) is 0. The Bertz CT molecular complexity index is 545. The predicted octanol–water partition coefficient (Wildman–Crippen LogP) is 2.39. The maximum absolute atomic E-state index is 13.2. The molecule has 2 aromatic rings. The largest absolute Gasteiger partial charge is 0.380 e. The summed E-state index contributed by atoms with van der Waals surface area (Å²) in [5, 5.41) is 7.96. The van der Waals surface area contributed by atoms with E-state index >= 15 is 0 Å². The van der Waals surface area contributed by atoms with Crippen LogP contribution in [-0.2, 0) is 0 Å². The summed E-state index contributed by atoms with van der Waals surface area (Å²) in [6, 6.07) is 6.73. The Kier molecular flexibility index (Phi) is 2.31. The van der Waals surface area contributed by atoms with Gasteiger partial charge in [-0.3, -0.25) is 0 Å². The van der Waals surface area contributed by atoms with Crippen molar-refractivity contribution in [1.29, 1.82) is 0 Å². The van der Waals surface area contributed by atoms with Crippen LogP contribution in [0.15, 0.2) is 24.3 Å². The number of hydrogen-bond donors (Lipinski definition) is 1. The second-order valence-electron chi connectivity index (χ2n) is 4.36. The summed E-state index contributed by atoms with van der Waals surface area (Å²) in [5.41, 5.74) is 7.29. The third-order valence-electron chi connectivity index (χ3n) is 3.24. The zero-order chi connectivity index (χ0) is 11.8. The van der Waals surface area contributed by atoms with Crippen molar-refractivity contribution in [2.75, 3.05) is 5.73 Å². The fraction of sp³-hybridized carbons (Fsp3) is 0.333. The maximum Gasteiger partial charge on any atom is 0.174 e. The van der Waals surface area contributed by atoms with Crippen molar-refractivity contribution in [3.05, 3.63) is 30.1 Å². The van der Waals surface area contributed by atoms with Crippen LogP contribution in [0.25, 0.3) is 11.3 Å². The first-order chi connectivity index (χ1) is 8.25. The molecule has 0 radical (unpaired) electrons. The third-order valence-corrected chi connectivity index (χ3v) is 3.24. The van der Waals surface area contributed by atoms with E-state index in [0.29, 0.717) is 11.9 Å². The molecule has 0 atom stereocenters. The summed E-state index contributed by atoms with van der Waals surface area (Å²) in [7, 11) is 0. The third kappa shape index (κ3) is 1.67. The average molecular weight is 232 g/mol. The minimum atomic E-state index is -0.275. The molecular weight excluding hydrogens is 219 g/mol. The molecule has 1 saturated carbocycles. The number of halogens is 1. The Labute approximate surface area is 98.2 Å². The monoisotopic (exact) mass is 232 g/mol. The number of nitrogens with zero attached hydrogens (tertiary/aromatic N) is 3. The smallest absolute Gasteiger partial charge is 0.174 e. The van der Waals surface area contributed by atoms with Crippen LogP contribution < -0.4 is 5.73 Å². The molecule has 4 nitrogen and oxygen atoms in total. The molecule has 17 heavy (non-hydrogen) atoms. The molecule has 1 aliphatic rings. The first-order valence-corrected chi connectivity index (χ1v) is 5.72. The Morgan fingerprint density at radius 2 is 2.18 bits per heavy atom. The molecule has 1 aromatic carbocycles. The quantitative estimate of drug-likeness (QED) is 0.864. The van der Waals surface area contributed by atoms with Crippen molar-refractivity contribution in [2.24, 2.45) is 0 Å². The Balaban J connectivity index is 2.09. The van der Waals surface area contributed by atoms with Crippen molar-refractivity contribution < 1.29 is 4.39 Å². The van der Waals surface area contributed by atoms with E-state index in [0.717, 1.165) is 24.1 Å². The van der Waals surface area contributed by atoms with Crippen LogP contribution in [0.3, 0.4) is 0 Å². The van der Waals surface area contributed by atoms with Crippen molar-refractivity contribution in [3.8, 4) is 11.3 Å². The highest BCUT2D eigenvalue weighted by atomic mass is 19.1. The summed E-state index contributed by atoms with van der Waals surface area (Å²) < 4.78 is 15.1. The number of aromatic nitrogens is 3. The molecule has 1 aliphatic carbocycles. The molecule has 2 N–H and O–H groups in total. The second kappa shape index (κ2) is 3.84.